The maximum atomic E-state index is 5.98. The van der Waals surface area contributed by atoms with Gasteiger partial charge in [0.25, 0.3) is 0 Å². The van der Waals surface area contributed by atoms with Crippen LogP contribution in [0.25, 0.3) is 0 Å². The molecule has 4 aromatic rings. The van der Waals surface area contributed by atoms with Crippen LogP contribution in [0.15, 0.2) is 109 Å². The van der Waals surface area contributed by atoms with E-state index in [1.165, 1.54) is 11.4 Å². The molecule has 0 aliphatic carbocycles. The molecule has 7 heteroatoms. The van der Waals surface area contributed by atoms with Crippen LogP contribution in [-0.2, 0) is 15.9 Å². The van der Waals surface area contributed by atoms with Crippen LogP contribution in [0.1, 0.15) is 5.56 Å². The van der Waals surface area contributed by atoms with Gasteiger partial charge >= 0.3 is 15.0 Å². The fourth-order valence-electron chi connectivity index (χ4n) is 3.99. The van der Waals surface area contributed by atoms with Crippen molar-refractivity contribution in [1.82, 2.24) is 0 Å². The van der Waals surface area contributed by atoms with E-state index in [1.54, 1.807) is 0 Å². The Kier molecular flexibility index (Phi) is 10.7. The molecular weight excluding hydrogens is 470 g/mol. The Morgan fingerprint density at radius 2 is 1.00 bits per heavy atom. The molecule has 4 rings (SSSR count). The lowest BCUT2D eigenvalue weighted by atomic mass is 9.87. The summed E-state index contributed by atoms with van der Waals surface area (Å²) in [5.74, 6) is 0.854. The fourth-order valence-corrected chi connectivity index (χ4v) is 3.99. The van der Waals surface area contributed by atoms with Crippen molar-refractivity contribution in [3.63, 3.8) is 0 Å². The molecule has 0 N–H and O–H groups in total. The number of hydrogen-bond acceptors (Lipinski definition) is 5. The number of para-hydroxylation sites is 2. The van der Waals surface area contributed by atoms with Gasteiger partial charge in [-0.3, -0.25) is 0 Å². The standard InChI is InChI=1S/C31H36B2N2O3/c1-34(29-9-5-3-6-10-29)21-23-37-32-27-15-13-26(14-16-27)25-36-31-19-17-28(18-20-31)33-38-24-22-35(2)30-11-7-4-8-12-30/h3-20,32-33H,21-25H2,1-2H3. The van der Waals surface area contributed by atoms with Crippen LogP contribution in [0, 0.1) is 0 Å². The molecular formula is C31H36B2N2O3. The zero-order valence-corrected chi connectivity index (χ0v) is 22.5. The SMILES string of the molecule is CN(CCOBc1ccc(COc2ccc(BOCCN(C)c3ccccc3)cc2)cc1)c1ccccc1. The smallest absolute Gasteiger partial charge is 0.308 e. The summed E-state index contributed by atoms with van der Waals surface area (Å²) in [7, 11) is 5.37. The van der Waals surface area contributed by atoms with Crippen molar-refractivity contribution in [2.75, 3.05) is 50.2 Å². The highest BCUT2D eigenvalue weighted by atomic mass is 16.5. The van der Waals surface area contributed by atoms with E-state index in [1.807, 2.05) is 24.3 Å². The summed E-state index contributed by atoms with van der Waals surface area (Å²) in [6, 6.07) is 37.2. The van der Waals surface area contributed by atoms with Crippen molar-refractivity contribution in [3.05, 3.63) is 115 Å². The van der Waals surface area contributed by atoms with Crippen LogP contribution in [0.3, 0.4) is 0 Å². The Bertz CT molecular complexity index is 1100. The topological polar surface area (TPSA) is 34.2 Å². The highest BCUT2D eigenvalue weighted by Crippen LogP contribution is 2.12. The van der Waals surface area contributed by atoms with E-state index in [-0.39, 0.29) is 0 Å². The van der Waals surface area contributed by atoms with Gasteiger partial charge in [0.15, 0.2) is 0 Å². The second-order valence-electron chi connectivity index (χ2n) is 9.37. The van der Waals surface area contributed by atoms with Gasteiger partial charge in [0.2, 0.25) is 0 Å². The molecule has 5 nitrogen and oxygen atoms in total. The molecule has 194 valence electrons. The minimum absolute atomic E-state index is 0.532. The second kappa shape index (κ2) is 14.9. The molecule has 0 amide bonds. The Morgan fingerprint density at radius 3 is 1.47 bits per heavy atom. The van der Waals surface area contributed by atoms with E-state index in [9.17, 15) is 0 Å². The number of benzene rings is 4. The maximum absolute atomic E-state index is 5.98. The third kappa shape index (κ3) is 9.02. The van der Waals surface area contributed by atoms with Crippen molar-refractivity contribution in [2.45, 2.75) is 6.61 Å². The first-order chi connectivity index (χ1) is 18.7. The summed E-state index contributed by atoms with van der Waals surface area (Å²) in [6.07, 6.45) is 0. The predicted octanol–water partition coefficient (Wildman–Crippen LogP) is 3.53. The molecule has 38 heavy (non-hydrogen) atoms. The number of nitrogens with zero attached hydrogens (tertiary/aromatic N) is 2. The fraction of sp³-hybridized carbons (Fsp3) is 0.226. The molecule has 0 aliphatic rings. The van der Waals surface area contributed by atoms with Gasteiger partial charge < -0.3 is 23.8 Å². The molecule has 0 spiro atoms. The lowest BCUT2D eigenvalue weighted by Crippen LogP contribution is -2.26. The third-order valence-electron chi connectivity index (χ3n) is 6.43. The minimum Gasteiger partial charge on any atom is -0.489 e. The van der Waals surface area contributed by atoms with E-state index in [0.29, 0.717) is 34.8 Å². The third-order valence-corrected chi connectivity index (χ3v) is 6.43. The van der Waals surface area contributed by atoms with Crippen LogP contribution in [0.2, 0.25) is 0 Å². The largest absolute Gasteiger partial charge is 0.489 e. The molecule has 0 fully saturated rings. The van der Waals surface area contributed by atoms with Crippen LogP contribution in [0.4, 0.5) is 11.4 Å². The van der Waals surface area contributed by atoms with Gasteiger partial charge in [-0.2, -0.15) is 0 Å². The summed E-state index contributed by atoms with van der Waals surface area (Å²) in [4.78, 5) is 4.40. The van der Waals surface area contributed by atoms with Crippen LogP contribution >= 0.6 is 0 Å². The molecule has 0 saturated carbocycles. The summed E-state index contributed by atoms with van der Waals surface area (Å²) >= 11 is 0. The van der Waals surface area contributed by atoms with Gasteiger partial charge in [0.1, 0.15) is 12.4 Å². The normalized spacial score (nSPS) is 10.6. The first-order valence-corrected chi connectivity index (χ1v) is 13.1. The van der Waals surface area contributed by atoms with Gasteiger partial charge in [-0.25, -0.2) is 0 Å². The van der Waals surface area contributed by atoms with E-state index in [2.05, 4.69) is 109 Å². The van der Waals surface area contributed by atoms with Crippen molar-refractivity contribution in [2.24, 2.45) is 0 Å². The molecule has 0 atom stereocenters. The lowest BCUT2D eigenvalue weighted by molar-refractivity contribution is 0.306. The van der Waals surface area contributed by atoms with Gasteiger partial charge in [-0.1, -0.05) is 83.7 Å². The maximum Gasteiger partial charge on any atom is 0.308 e. The summed E-state index contributed by atoms with van der Waals surface area (Å²) in [5.41, 5.74) is 5.83. The Balaban J connectivity index is 1.10. The van der Waals surface area contributed by atoms with Gasteiger partial charge in [-0.05, 0) is 42.0 Å². The quantitative estimate of drug-likeness (QED) is 0.182. The van der Waals surface area contributed by atoms with Crippen molar-refractivity contribution in [1.29, 1.82) is 0 Å². The molecule has 4 aromatic carbocycles. The van der Waals surface area contributed by atoms with Crippen LogP contribution in [0.5, 0.6) is 5.75 Å². The highest BCUT2D eigenvalue weighted by molar-refractivity contribution is 6.47. The van der Waals surface area contributed by atoms with Gasteiger partial charge in [0, 0.05) is 51.8 Å². The van der Waals surface area contributed by atoms with Crippen LogP contribution in [-0.4, -0.2) is 55.4 Å². The number of ether oxygens (including phenoxy) is 1. The zero-order chi connectivity index (χ0) is 26.4. The van der Waals surface area contributed by atoms with Gasteiger partial charge in [0.05, 0.1) is 0 Å². The Hall–Kier alpha value is -3.67. The zero-order valence-electron chi connectivity index (χ0n) is 22.5. The van der Waals surface area contributed by atoms with Crippen LogP contribution < -0.4 is 25.5 Å². The first-order valence-electron chi connectivity index (χ1n) is 13.1. The van der Waals surface area contributed by atoms with Crippen molar-refractivity contribution < 1.29 is 14.0 Å². The average molecular weight is 506 g/mol. The molecule has 0 radical (unpaired) electrons. The predicted molar refractivity (Wildman–Crippen MR) is 162 cm³/mol. The average Bonchev–Trinajstić information content (AvgIpc) is 2.98. The Morgan fingerprint density at radius 1 is 0.553 bits per heavy atom. The van der Waals surface area contributed by atoms with E-state index in [0.717, 1.165) is 35.3 Å². The molecule has 0 aliphatic heterocycles. The second-order valence-corrected chi connectivity index (χ2v) is 9.37. The monoisotopic (exact) mass is 506 g/mol. The summed E-state index contributed by atoms with van der Waals surface area (Å²) < 4.78 is 17.7. The number of anilines is 2. The number of hydrogen-bond donors (Lipinski definition) is 0. The first kappa shape index (κ1) is 27.4. The molecule has 0 heterocycles. The van der Waals surface area contributed by atoms with Crippen molar-refractivity contribution in [3.8, 4) is 5.75 Å². The molecule has 0 saturated heterocycles. The molecule has 0 bridgehead atoms. The summed E-state index contributed by atoms with van der Waals surface area (Å²) in [5, 5.41) is 0. The summed E-state index contributed by atoms with van der Waals surface area (Å²) in [6.45, 7) is 3.59. The lowest BCUT2D eigenvalue weighted by Gasteiger charge is -2.19. The van der Waals surface area contributed by atoms with E-state index in [4.69, 9.17) is 14.0 Å². The Labute approximate surface area is 228 Å². The van der Waals surface area contributed by atoms with Crippen molar-refractivity contribution >= 4 is 37.3 Å². The minimum atomic E-state index is 0.532. The van der Waals surface area contributed by atoms with E-state index >= 15 is 0 Å². The molecule has 0 unspecified atom stereocenters. The number of rotatable bonds is 15. The highest BCUT2D eigenvalue weighted by Gasteiger charge is 2.04. The van der Waals surface area contributed by atoms with Gasteiger partial charge in [-0.15, -0.1) is 0 Å². The molecule has 0 aromatic heterocycles. The number of likely N-dealkylation sites (N-methyl/N-ethyl adjacent to an activating group) is 2. The van der Waals surface area contributed by atoms with E-state index < -0.39 is 0 Å².